The Labute approximate surface area is 141 Å². The summed E-state index contributed by atoms with van der Waals surface area (Å²) in [6.07, 6.45) is 0. The lowest BCUT2D eigenvalue weighted by Gasteiger charge is -2.28. The van der Waals surface area contributed by atoms with Gasteiger partial charge in [0.1, 0.15) is 0 Å². The molecule has 0 atom stereocenters. The highest BCUT2D eigenvalue weighted by atomic mass is 32.2. The van der Waals surface area contributed by atoms with Crippen molar-refractivity contribution in [2.75, 3.05) is 35.9 Å². The van der Waals surface area contributed by atoms with Crippen LogP contribution in [0.2, 0.25) is 0 Å². The van der Waals surface area contributed by atoms with E-state index in [4.69, 9.17) is 0 Å². The van der Waals surface area contributed by atoms with E-state index in [1.807, 2.05) is 0 Å². The second-order valence-electron chi connectivity index (χ2n) is 5.52. The maximum atomic E-state index is 12.6. The van der Waals surface area contributed by atoms with Gasteiger partial charge in [0.15, 0.2) is 0 Å². The van der Waals surface area contributed by atoms with Crippen molar-refractivity contribution in [2.24, 2.45) is 0 Å². The van der Waals surface area contributed by atoms with Gasteiger partial charge in [-0.1, -0.05) is 18.2 Å². The van der Waals surface area contributed by atoms with Gasteiger partial charge in [0.2, 0.25) is 5.91 Å². The molecule has 7 heteroatoms. The summed E-state index contributed by atoms with van der Waals surface area (Å²) in [5, 5.41) is 3.02. The molecule has 2 aromatic carbocycles. The Bertz CT molecular complexity index is 820. The van der Waals surface area contributed by atoms with Crippen LogP contribution >= 0.6 is 0 Å². The van der Waals surface area contributed by atoms with Crippen LogP contribution in [0.25, 0.3) is 0 Å². The fourth-order valence-electron chi connectivity index (χ4n) is 2.61. The monoisotopic (exact) mass is 345 g/mol. The van der Waals surface area contributed by atoms with Crippen molar-refractivity contribution < 1.29 is 13.2 Å². The minimum absolute atomic E-state index is 0.0132. The van der Waals surface area contributed by atoms with Crippen LogP contribution in [0.1, 0.15) is 0 Å². The fourth-order valence-corrected chi connectivity index (χ4v) is 3.83. The van der Waals surface area contributed by atoms with E-state index in [9.17, 15) is 13.2 Å². The van der Waals surface area contributed by atoms with Crippen molar-refractivity contribution in [1.82, 2.24) is 5.32 Å². The number of benzene rings is 2. The van der Waals surface area contributed by atoms with Crippen molar-refractivity contribution in [3.05, 3.63) is 54.6 Å². The van der Waals surface area contributed by atoms with Gasteiger partial charge in [-0.15, -0.1) is 0 Å². The number of hydrogen-bond donors (Lipinski definition) is 1. The minimum atomic E-state index is -3.60. The van der Waals surface area contributed by atoms with Crippen molar-refractivity contribution in [3.8, 4) is 0 Å². The number of nitrogens with zero attached hydrogens (tertiary/aromatic N) is 2. The van der Waals surface area contributed by atoms with Gasteiger partial charge in [0, 0.05) is 25.8 Å². The summed E-state index contributed by atoms with van der Waals surface area (Å²) < 4.78 is 26.5. The molecule has 1 saturated heterocycles. The molecule has 1 N–H and O–H groups in total. The number of hydrogen-bond acceptors (Lipinski definition) is 4. The van der Waals surface area contributed by atoms with Gasteiger partial charge < -0.3 is 10.2 Å². The Morgan fingerprint density at radius 3 is 2.33 bits per heavy atom. The molecule has 0 bridgehead atoms. The van der Waals surface area contributed by atoms with E-state index >= 15 is 0 Å². The average molecular weight is 345 g/mol. The second-order valence-corrected chi connectivity index (χ2v) is 7.49. The number of amides is 1. The van der Waals surface area contributed by atoms with E-state index in [1.54, 1.807) is 59.5 Å². The smallest absolute Gasteiger partial charge is 0.264 e. The molecule has 1 amide bonds. The van der Waals surface area contributed by atoms with Crippen molar-refractivity contribution in [3.63, 3.8) is 0 Å². The Morgan fingerprint density at radius 2 is 1.71 bits per heavy atom. The fraction of sp³-hybridized carbons (Fsp3) is 0.235. The maximum absolute atomic E-state index is 12.6. The first kappa shape index (κ1) is 16.5. The van der Waals surface area contributed by atoms with Crippen LogP contribution in [0.5, 0.6) is 0 Å². The number of anilines is 2. The Hall–Kier alpha value is -2.38. The van der Waals surface area contributed by atoms with E-state index in [0.29, 0.717) is 18.8 Å². The number of sulfonamides is 1. The quantitative estimate of drug-likeness (QED) is 0.911. The summed E-state index contributed by atoms with van der Waals surface area (Å²) in [6, 6.07) is 15.3. The molecular formula is C17H19N3O3S. The minimum Gasteiger partial charge on any atom is -0.310 e. The molecule has 126 valence electrons. The molecular weight excluding hydrogens is 326 g/mol. The van der Waals surface area contributed by atoms with Gasteiger partial charge in [0.25, 0.3) is 10.0 Å². The summed E-state index contributed by atoms with van der Waals surface area (Å²) >= 11 is 0. The van der Waals surface area contributed by atoms with Gasteiger partial charge in [-0.25, -0.2) is 8.42 Å². The number of piperazine rings is 1. The number of carbonyl (C=O) groups excluding carboxylic acids is 1. The van der Waals surface area contributed by atoms with Crippen LogP contribution in [-0.2, 0) is 14.8 Å². The Balaban J connectivity index is 1.84. The van der Waals surface area contributed by atoms with Gasteiger partial charge in [-0.2, -0.15) is 0 Å². The third-order valence-corrected chi connectivity index (χ3v) is 5.82. The number of nitrogens with one attached hydrogen (secondary N) is 1. The summed E-state index contributed by atoms with van der Waals surface area (Å²) in [6.45, 7) is 1.68. The molecule has 3 rings (SSSR count). The molecule has 1 aliphatic heterocycles. The van der Waals surface area contributed by atoms with Crippen molar-refractivity contribution in [2.45, 2.75) is 4.90 Å². The number of rotatable bonds is 4. The Kier molecular flexibility index (Phi) is 4.55. The zero-order valence-corrected chi connectivity index (χ0v) is 14.2. The zero-order chi connectivity index (χ0) is 17.2. The molecule has 0 unspecified atom stereocenters. The summed E-state index contributed by atoms with van der Waals surface area (Å²) in [5.74, 6) is 0.0132. The molecule has 1 aliphatic rings. The van der Waals surface area contributed by atoms with E-state index < -0.39 is 10.0 Å². The van der Waals surface area contributed by atoms with Crippen LogP contribution in [0, 0.1) is 0 Å². The molecule has 1 fully saturated rings. The molecule has 24 heavy (non-hydrogen) atoms. The maximum Gasteiger partial charge on any atom is 0.264 e. The van der Waals surface area contributed by atoms with E-state index in [0.717, 1.165) is 12.2 Å². The highest BCUT2D eigenvalue weighted by molar-refractivity contribution is 7.92. The summed E-state index contributed by atoms with van der Waals surface area (Å²) in [5.41, 5.74) is 1.32. The SMILES string of the molecule is CN(c1ccc(N2CCNCC2=O)cc1)S(=O)(=O)c1ccccc1. The van der Waals surface area contributed by atoms with Crippen LogP contribution in [0.3, 0.4) is 0 Å². The predicted octanol–water partition coefficient (Wildman–Crippen LogP) is 1.45. The second kappa shape index (κ2) is 6.62. The van der Waals surface area contributed by atoms with Crippen molar-refractivity contribution >= 4 is 27.3 Å². The molecule has 1 heterocycles. The highest BCUT2D eigenvalue weighted by Crippen LogP contribution is 2.25. The molecule has 0 saturated carbocycles. The third-order valence-electron chi connectivity index (χ3n) is 4.02. The highest BCUT2D eigenvalue weighted by Gasteiger charge is 2.22. The summed E-state index contributed by atoms with van der Waals surface area (Å²) in [7, 11) is -2.08. The molecule has 0 spiro atoms. The lowest BCUT2D eigenvalue weighted by atomic mass is 10.2. The van der Waals surface area contributed by atoms with Gasteiger partial charge >= 0.3 is 0 Å². The largest absolute Gasteiger partial charge is 0.310 e. The lowest BCUT2D eigenvalue weighted by Crippen LogP contribution is -2.48. The molecule has 6 nitrogen and oxygen atoms in total. The van der Waals surface area contributed by atoms with E-state index in [2.05, 4.69) is 5.32 Å². The van der Waals surface area contributed by atoms with Crippen molar-refractivity contribution in [1.29, 1.82) is 0 Å². The van der Waals surface area contributed by atoms with Gasteiger partial charge in [-0.05, 0) is 36.4 Å². The zero-order valence-electron chi connectivity index (χ0n) is 13.3. The van der Waals surface area contributed by atoms with E-state index in [-0.39, 0.29) is 10.8 Å². The first-order chi connectivity index (χ1) is 11.5. The molecule has 2 aromatic rings. The van der Waals surface area contributed by atoms with Gasteiger partial charge in [0.05, 0.1) is 17.1 Å². The predicted molar refractivity (Wildman–Crippen MR) is 93.7 cm³/mol. The number of carbonyl (C=O) groups is 1. The normalized spacial score (nSPS) is 15.4. The average Bonchev–Trinajstić information content (AvgIpc) is 2.62. The molecule has 0 aliphatic carbocycles. The van der Waals surface area contributed by atoms with Crippen LogP contribution in [0.15, 0.2) is 59.5 Å². The summed E-state index contributed by atoms with van der Waals surface area (Å²) in [4.78, 5) is 13.9. The van der Waals surface area contributed by atoms with E-state index in [1.165, 1.54) is 11.4 Å². The van der Waals surface area contributed by atoms with Crippen LogP contribution < -0.4 is 14.5 Å². The topological polar surface area (TPSA) is 69.7 Å². The lowest BCUT2D eigenvalue weighted by molar-refractivity contribution is -0.118. The first-order valence-electron chi connectivity index (χ1n) is 7.65. The Morgan fingerprint density at radius 1 is 1.04 bits per heavy atom. The standard InChI is InChI=1S/C17H19N3O3S/c1-19(24(22,23)16-5-3-2-4-6-16)14-7-9-15(10-8-14)20-12-11-18-13-17(20)21/h2-10,18H,11-13H2,1H3. The molecule has 0 aromatic heterocycles. The molecule has 0 radical (unpaired) electrons. The first-order valence-corrected chi connectivity index (χ1v) is 9.09. The van der Waals surface area contributed by atoms with Gasteiger partial charge in [-0.3, -0.25) is 9.10 Å². The third kappa shape index (κ3) is 3.13. The van der Waals surface area contributed by atoms with Crippen LogP contribution in [-0.4, -0.2) is 41.0 Å². The van der Waals surface area contributed by atoms with Crippen LogP contribution in [0.4, 0.5) is 11.4 Å².